The molecule has 0 radical (unpaired) electrons. The maximum Gasteiger partial charge on any atom is 0.262 e. The Bertz CT molecular complexity index is 632. The van der Waals surface area contributed by atoms with E-state index < -0.39 is 0 Å². The van der Waals surface area contributed by atoms with Crippen LogP contribution in [-0.2, 0) is 12.8 Å². The van der Waals surface area contributed by atoms with Gasteiger partial charge in [0, 0.05) is 16.9 Å². The minimum absolute atomic E-state index is 0.547. The third-order valence-corrected chi connectivity index (χ3v) is 3.47. The van der Waals surface area contributed by atoms with Gasteiger partial charge in [0.25, 0.3) is 11.9 Å². The zero-order valence-corrected chi connectivity index (χ0v) is 10.0. The molecule has 0 saturated heterocycles. The number of nitrogens with zero attached hydrogens (tertiary/aromatic N) is 2. The van der Waals surface area contributed by atoms with Crippen LogP contribution < -0.4 is 4.43 Å². The summed E-state index contributed by atoms with van der Waals surface area (Å²) in [6.45, 7) is 0. The molecule has 4 heteroatoms. The molecule has 0 aliphatic heterocycles. The molecule has 1 aromatic heterocycles. The van der Waals surface area contributed by atoms with E-state index in [9.17, 15) is 10.1 Å². The maximum atomic E-state index is 12.0. The molecule has 0 saturated carbocycles. The summed E-state index contributed by atoms with van der Waals surface area (Å²) >= 11 is 0. The lowest BCUT2D eigenvalue weighted by Gasteiger charge is -2.14. The molecular formula is C14H15N2O2+. The molecule has 0 unspecified atom stereocenters. The maximum absolute atomic E-state index is 12.0. The molecule has 0 bridgehead atoms. The Balaban J connectivity index is 2.24. The first kappa shape index (κ1) is 11.0. The highest BCUT2D eigenvalue weighted by atomic mass is 16.5. The molecule has 92 valence electrons. The van der Waals surface area contributed by atoms with E-state index >= 15 is 0 Å². The SMILES string of the molecule is O=[n+]1cc(-c2ccccc2)n(O)c2c1CCCC2. The van der Waals surface area contributed by atoms with Crippen molar-refractivity contribution in [1.82, 2.24) is 4.73 Å². The molecule has 4 nitrogen and oxygen atoms in total. The van der Waals surface area contributed by atoms with E-state index in [1.807, 2.05) is 30.3 Å². The van der Waals surface area contributed by atoms with E-state index in [0.717, 1.165) is 41.4 Å². The molecule has 2 aromatic rings. The first-order valence-corrected chi connectivity index (χ1v) is 6.22. The summed E-state index contributed by atoms with van der Waals surface area (Å²) in [4.78, 5) is 12.0. The van der Waals surface area contributed by atoms with Crippen LogP contribution in [0.4, 0.5) is 0 Å². The Hall–Kier alpha value is -2.10. The molecule has 1 aliphatic carbocycles. The summed E-state index contributed by atoms with van der Waals surface area (Å²) in [6, 6.07) is 9.47. The topological polar surface area (TPSA) is 48.1 Å². The van der Waals surface area contributed by atoms with Crippen LogP contribution >= 0.6 is 0 Å². The first-order valence-electron chi connectivity index (χ1n) is 6.22. The number of fused-ring (bicyclic) bond motifs is 1. The number of hydrogen-bond donors (Lipinski definition) is 1. The molecule has 3 rings (SSSR count). The molecule has 0 fully saturated rings. The van der Waals surface area contributed by atoms with Gasteiger partial charge in [0.2, 0.25) is 0 Å². The number of rotatable bonds is 1. The normalized spacial score (nSPS) is 14.2. The summed E-state index contributed by atoms with van der Waals surface area (Å²) in [5.74, 6) is 0. The molecule has 18 heavy (non-hydrogen) atoms. The van der Waals surface area contributed by atoms with Gasteiger partial charge in [-0.1, -0.05) is 30.3 Å². The monoisotopic (exact) mass is 243 g/mol. The fourth-order valence-electron chi connectivity index (χ4n) is 2.53. The molecule has 0 amide bonds. The van der Waals surface area contributed by atoms with Gasteiger partial charge in [-0.3, -0.25) is 0 Å². The van der Waals surface area contributed by atoms with Crippen LogP contribution in [0, 0.1) is 4.91 Å². The fraction of sp³-hybridized carbons (Fsp3) is 0.286. The lowest BCUT2D eigenvalue weighted by atomic mass is 10.00. The van der Waals surface area contributed by atoms with Gasteiger partial charge in [-0.15, -0.1) is 0 Å². The van der Waals surface area contributed by atoms with Gasteiger partial charge in [-0.2, -0.15) is 4.73 Å². The molecule has 1 aliphatic rings. The van der Waals surface area contributed by atoms with E-state index in [1.165, 1.54) is 10.9 Å². The largest absolute Gasteiger partial charge is 0.428 e. The molecule has 1 aromatic carbocycles. The Labute approximate surface area is 105 Å². The van der Waals surface area contributed by atoms with Gasteiger partial charge in [0.1, 0.15) is 5.69 Å². The Morgan fingerprint density at radius 3 is 2.61 bits per heavy atom. The second kappa shape index (κ2) is 4.29. The standard InChI is InChI=1S/C14H15N2O2/c17-15-10-14(11-6-2-1-3-7-11)16(18)13-9-5-4-8-12(13)15/h1-3,6-7,10,18H,4-5,8-9H2/q+1. The second-order valence-corrected chi connectivity index (χ2v) is 4.62. The summed E-state index contributed by atoms with van der Waals surface area (Å²) in [6.07, 6.45) is 4.99. The smallest absolute Gasteiger partial charge is 0.262 e. The van der Waals surface area contributed by atoms with Gasteiger partial charge in [0.15, 0.2) is 5.69 Å². The van der Waals surface area contributed by atoms with Gasteiger partial charge in [-0.25, -0.2) is 0 Å². The minimum atomic E-state index is 0.547. The van der Waals surface area contributed by atoms with Crippen LogP contribution in [0.2, 0.25) is 0 Å². The van der Waals surface area contributed by atoms with Crippen LogP contribution in [-0.4, -0.2) is 9.94 Å². The van der Waals surface area contributed by atoms with Crippen LogP contribution in [0.1, 0.15) is 24.2 Å². The zero-order valence-electron chi connectivity index (χ0n) is 10.0. The molecule has 0 atom stereocenters. The third kappa shape index (κ3) is 1.70. The van der Waals surface area contributed by atoms with E-state index in [2.05, 4.69) is 0 Å². The highest BCUT2D eigenvalue weighted by Gasteiger charge is 2.25. The van der Waals surface area contributed by atoms with Gasteiger partial charge >= 0.3 is 0 Å². The fourth-order valence-corrected chi connectivity index (χ4v) is 2.53. The number of benzene rings is 1. The molecule has 0 spiro atoms. The lowest BCUT2D eigenvalue weighted by molar-refractivity contribution is -0.507. The molecule has 1 heterocycles. The molecular weight excluding hydrogens is 228 g/mol. The average molecular weight is 243 g/mol. The summed E-state index contributed by atoms with van der Waals surface area (Å²) < 4.78 is 2.09. The van der Waals surface area contributed by atoms with E-state index in [4.69, 9.17) is 0 Å². The summed E-state index contributed by atoms with van der Waals surface area (Å²) in [5, 5.41) is 10.3. The van der Waals surface area contributed by atoms with Crippen molar-refractivity contribution in [3.05, 3.63) is 52.8 Å². The van der Waals surface area contributed by atoms with E-state index in [0.29, 0.717) is 11.4 Å². The van der Waals surface area contributed by atoms with Crippen molar-refractivity contribution in [3.63, 3.8) is 0 Å². The minimum Gasteiger partial charge on any atom is -0.428 e. The lowest BCUT2D eigenvalue weighted by Crippen LogP contribution is -2.30. The Kier molecular flexibility index (Phi) is 2.63. The van der Waals surface area contributed by atoms with Crippen molar-refractivity contribution >= 4 is 0 Å². The van der Waals surface area contributed by atoms with Crippen molar-refractivity contribution in [2.45, 2.75) is 25.7 Å². The number of aromatic nitrogens is 2. The highest BCUT2D eigenvalue weighted by molar-refractivity contribution is 5.57. The van der Waals surface area contributed by atoms with Crippen LogP contribution in [0.15, 0.2) is 36.5 Å². The first-order chi connectivity index (χ1) is 8.77. The number of hydrogen-bond acceptors (Lipinski definition) is 2. The van der Waals surface area contributed by atoms with Crippen LogP contribution in [0.25, 0.3) is 11.3 Å². The van der Waals surface area contributed by atoms with Gasteiger partial charge in [-0.05, 0) is 19.3 Å². The summed E-state index contributed by atoms with van der Waals surface area (Å²) in [7, 11) is 0. The van der Waals surface area contributed by atoms with Crippen molar-refractivity contribution in [2.24, 2.45) is 0 Å². The van der Waals surface area contributed by atoms with Crippen LogP contribution in [0.5, 0.6) is 0 Å². The zero-order chi connectivity index (χ0) is 12.5. The molecule has 1 N–H and O–H groups in total. The van der Waals surface area contributed by atoms with Crippen LogP contribution in [0.3, 0.4) is 0 Å². The van der Waals surface area contributed by atoms with Crippen molar-refractivity contribution in [2.75, 3.05) is 0 Å². The Morgan fingerprint density at radius 2 is 1.83 bits per heavy atom. The van der Waals surface area contributed by atoms with Crippen molar-refractivity contribution in [3.8, 4) is 11.3 Å². The summed E-state index contributed by atoms with van der Waals surface area (Å²) in [5.41, 5.74) is 2.84. The third-order valence-electron chi connectivity index (χ3n) is 3.47. The van der Waals surface area contributed by atoms with Crippen molar-refractivity contribution in [1.29, 1.82) is 0 Å². The van der Waals surface area contributed by atoms with E-state index in [1.54, 1.807) is 0 Å². The van der Waals surface area contributed by atoms with E-state index in [-0.39, 0.29) is 0 Å². The van der Waals surface area contributed by atoms with Crippen molar-refractivity contribution < 1.29 is 9.63 Å². The predicted octanol–water partition coefficient (Wildman–Crippen LogP) is 2.19. The van der Waals surface area contributed by atoms with Gasteiger partial charge in [0.05, 0.1) is 4.43 Å². The highest BCUT2D eigenvalue weighted by Crippen LogP contribution is 2.23. The van der Waals surface area contributed by atoms with Gasteiger partial charge < -0.3 is 5.21 Å². The quantitative estimate of drug-likeness (QED) is 0.616. The second-order valence-electron chi connectivity index (χ2n) is 4.62. The predicted molar refractivity (Wildman–Crippen MR) is 67.1 cm³/mol. The Morgan fingerprint density at radius 1 is 1.11 bits per heavy atom. The average Bonchev–Trinajstić information content (AvgIpc) is 2.44.